The Hall–Kier alpha value is -0.960. The number of benzene rings is 1. The summed E-state index contributed by atoms with van der Waals surface area (Å²) in [5.41, 5.74) is 6.27. The highest BCUT2D eigenvalue weighted by atomic mass is 19.2. The summed E-state index contributed by atoms with van der Waals surface area (Å²) in [6, 6.07) is 2.81. The van der Waals surface area contributed by atoms with Crippen molar-refractivity contribution in [2.45, 2.75) is 32.7 Å². The van der Waals surface area contributed by atoms with Crippen molar-refractivity contribution in [3.05, 3.63) is 34.9 Å². The zero-order valence-corrected chi connectivity index (χ0v) is 8.70. The Morgan fingerprint density at radius 2 is 1.86 bits per heavy atom. The lowest BCUT2D eigenvalue weighted by molar-refractivity contribution is 0.465. The van der Waals surface area contributed by atoms with E-state index in [9.17, 15) is 8.78 Å². The second-order valence-electron chi connectivity index (χ2n) is 4.39. The molecule has 0 fully saturated rings. The summed E-state index contributed by atoms with van der Waals surface area (Å²) in [7, 11) is 0. The van der Waals surface area contributed by atoms with Crippen LogP contribution in [0.2, 0.25) is 0 Å². The van der Waals surface area contributed by atoms with Crippen molar-refractivity contribution < 1.29 is 8.78 Å². The molecule has 2 N–H and O–H groups in total. The van der Waals surface area contributed by atoms with Gasteiger partial charge in [-0.1, -0.05) is 6.07 Å². The van der Waals surface area contributed by atoms with E-state index in [0.717, 1.165) is 0 Å². The molecule has 0 aliphatic rings. The third-order valence-corrected chi connectivity index (χ3v) is 1.89. The SMILES string of the molecule is Cc1cc(F)c(F)c(CC(C)(C)N)c1. The number of hydrogen-bond acceptors (Lipinski definition) is 1. The molecule has 78 valence electrons. The minimum atomic E-state index is -0.802. The van der Waals surface area contributed by atoms with E-state index in [1.54, 1.807) is 26.8 Å². The van der Waals surface area contributed by atoms with Gasteiger partial charge in [0.1, 0.15) is 0 Å². The van der Waals surface area contributed by atoms with Crippen molar-refractivity contribution in [3.63, 3.8) is 0 Å². The average Bonchev–Trinajstić information content (AvgIpc) is 1.96. The van der Waals surface area contributed by atoms with E-state index in [0.29, 0.717) is 17.5 Å². The Labute approximate surface area is 82.9 Å². The highest BCUT2D eigenvalue weighted by Crippen LogP contribution is 2.18. The highest BCUT2D eigenvalue weighted by Gasteiger charge is 2.17. The Balaban J connectivity index is 3.09. The lowest BCUT2D eigenvalue weighted by Crippen LogP contribution is -2.34. The molecule has 0 heterocycles. The van der Waals surface area contributed by atoms with Gasteiger partial charge in [-0.15, -0.1) is 0 Å². The van der Waals surface area contributed by atoms with E-state index in [-0.39, 0.29) is 0 Å². The van der Waals surface area contributed by atoms with Crippen LogP contribution in [0.5, 0.6) is 0 Å². The molecular formula is C11H15F2N. The molecule has 0 saturated carbocycles. The second-order valence-corrected chi connectivity index (χ2v) is 4.39. The molecule has 0 unspecified atom stereocenters. The van der Waals surface area contributed by atoms with Crippen LogP contribution in [0.15, 0.2) is 12.1 Å². The van der Waals surface area contributed by atoms with Crippen molar-refractivity contribution in [2.24, 2.45) is 5.73 Å². The molecule has 0 bridgehead atoms. The smallest absolute Gasteiger partial charge is 0.162 e. The summed E-state index contributed by atoms with van der Waals surface area (Å²) in [5.74, 6) is -1.58. The quantitative estimate of drug-likeness (QED) is 0.778. The predicted molar refractivity (Wildman–Crippen MR) is 53.1 cm³/mol. The largest absolute Gasteiger partial charge is 0.325 e. The van der Waals surface area contributed by atoms with Gasteiger partial charge in [0.2, 0.25) is 0 Å². The summed E-state index contributed by atoms with van der Waals surface area (Å²) in [4.78, 5) is 0. The Morgan fingerprint density at radius 1 is 1.29 bits per heavy atom. The summed E-state index contributed by atoms with van der Waals surface area (Å²) in [6.45, 7) is 5.30. The maximum atomic E-state index is 13.3. The van der Waals surface area contributed by atoms with Gasteiger partial charge in [-0.2, -0.15) is 0 Å². The first-order valence-electron chi connectivity index (χ1n) is 4.53. The van der Waals surface area contributed by atoms with Gasteiger partial charge in [-0.3, -0.25) is 0 Å². The van der Waals surface area contributed by atoms with Crippen LogP contribution < -0.4 is 5.73 Å². The minimum Gasteiger partial charge on any atom is -0.325 e. The molecule has 0 saturated heterocycles. The molecule has 0 atom stereocenters. The summed E-state index contributed by atoms with van der Waals surface area (Å²) < 4.78 is 26.3. The van der Waals surface area contributed by atoms with E-state index >= 15 is 0 Å². The van der Waals surface area contributed by atoms with Gasteiger partial charge in [0, 0.05) is 5.54 Å². The van der Waals surface area contributed by atoms with Crippen LogP contribution in [0.25, 0.3) is 0 Å². The van der Waals surface area contributed by atoms with Gasteiger partial charge in [0.15, 0.2) is 11.6 Å². The van der Waals surface area contributed by atoms with Crippen LogP contribution in [-0.4, -0.2) is 5.54 Å². The zero-order chi connectivity index (χ0) is 10.9. The van der Waals surface area contributed by atoms with E-state index in [2.05, 4.69) is 0 Å². The van der Waals surface area contributed by atoms with Crippen molar-refractivity contribution in [1.82, 2.24) is 0 Å². The van der Waals surface area contributed by atoms with Crippen molar-refractivity contribution in [2.75, 3.05) is 0 Å². The molecule has 1 aromatic rings. The molecule has 0 radical (unpaired) electrons. The van der Waals surface area contributed by atoms with E-state index in [4.69, 9.17) is 5.73 Å². The van der Waals surface area contributed by atoms with Crippen LogP contribution >= 0.6 is 0 Å². The molecule has 3 heteroatoms. The summed E-state index contributed by atoms with van der Waals surface area (Å²) in [6.07, 6.45) is 0.331. The fourth-order valence-corrected chi connectivity index (χ4v) is 1.42. The number of rotatable bonds is 2. The third-order valence-electron chi connectivity index (χ3n) is 1.89. The Bertz CT molecular complexity index is 340. The maximum Gasteiger partial charge on any atom is 0.162 e. The lowest BCUT2D eigenvalue weighted by Gasteiger charge is -2.19. The molecular weight excluding hydrogens is 184 g/mol. The van der Waals surface area contributed by atoms with Crippen molar-refractivity contribution >= 4 is 0 Å². The molecule has 0 aromatic heterocycles. The second kappa shape index (κ2) is 3.65. The number of hydrogen-bond donors (Lipinski definition) is 1. The van der Waals surface area contributed by atoms with Gasteiger partial charge >= 0.3 is 0 Å². The lowest BCUT2D eigenvalue weighted by atomic mass is 9.95. The van der Waals surface area contributed by atoms with Crippen molar-refractivity contribution in [1.29, 1.82) is 0 Å². The van der Waals surface area contributed by atoms with Crippen LogP contribution in [0.1, 0.15) is 25.0 Å². The van der Waals surface area contributed by atoms with Gasteiger partial charge in [-0.25, -0.2) is 8.78 Å². The van der Waals surface area contributed by atoms with Crippen LogP contribution in [0.4, 0.5) is 8.78 Å². The molecule has 0 aliphatic carbocycles. The number of aryl methyl sites for hydroxylation is 1. The first-order valence-corrected chi connectivity index (χ1v) is 4.53. The normalized spacial score (nSPS) is 11.9. The third kappa shape index (κ3) is 2.77. The number of nitrogens with two attached hydrogens (primary N) is 1. The minimum absolute atomic E-state index is 0.331. The maximum absolute atomic E-state index is 13.3. The molecule has 0 amide bonds. The van der Waals surface area contributed by atoms with E-state index in [1.165, 1.54) is 6.07 Å². The van der Waals surface area contributed by atoms with E-state index < -0.39 is 17.2 Å². The Morgan fingerprint density at radius 3 is 2.36 bits per heavy atom. The van der Waals surface area contributed by atoms with Gasteiger partial charge in [0.25, 0.3) is 0 Å². The standard InChI is InChI=1S/C11H15F2N/c1-7-4-8(6-11(2,3)14)10(13)9(12)5-7/h4-5H,6,14H2,1-3H3. The number of halogens is 2. The molecule has 14 heavy (non-hydrogen) atoms. The predicted octanol–water partition coefficient (Wildman–Crippen LogP) is 2.55. The molecule has 1 rings (SSSR count). The van der Waals surface area contributed by atoms with Gasteiger partial charge in [0.05, 0.1) is 0 Å². The van der Waals surface area contributed by atoms with Crippen molar-refractivity contribution in [3.8, 4) is 0 Å². The van der Waals surface area contributed by atoms with Gasteiger partial charge in [-0.05, 0) is 44.4 Å². The highest BCUT2D eigenvalue weighted by molar-refractivity contribution is 5.26. The average molecular weight is 199 g/mol. The molecule has 0 spiro atoms. The Kier molecular flexibility index (Phi) is 2.90. The van der Waals surface area contributed by atoms with Gasteiger partial charge < -0.3 is 5.73 Å². The molecule has 1 nitrogen and oxygen atoms in total. The van der Waals surface area contributed by atoms with Crippen LogP contribution in [0, 0.1) is 18.6 Å². The first kappa shape index (κ1) is 11.1. The van der Waals surface area contributed by atoms with Crippen LogP contribution in [0.3, 0.4) is 0 Å². The monoisotopic (exact) mass is 199 g/mol. The van der Waals surface area contributed by atoms with Crippen LogP contribution in [-0.2, 0) is 6.42 Å². The fraction of sp³-hybridized carbons (Fsp3) is 0.455. The first-order chi connectivity index (χ1) is 6.29. The zero-order valence-electron chi connectivity index (χ0n) is 8.70. The fourth-order valence-electron chi connectivity index (χ4n) is 1.42. The van der Waals surface area contributed by atoms with E-state index in [1.807, 2.05) is 0 Å². The molecule has 0 aliphatic heterocycles. The summed E-state index contributed by atoms with van der Waals surface area (Å²) >= 11 is 0. The molecule has 1 aromatic carbocycles. The topological polar surface area (TPSA) is 26.0 Å². The summed E-state index contributed by atoms with van der Waals surface area (Å²) in [5, 5.41) is 0.